The van der Waals surface area contributed by atoms with E-state index >= 15 is 0 Å². The van der Waals surface area contributed by atoms with Crippen LogP contribution in [-0.4, -0.2) is 33.2 Å². The fourth-order valence-electron chi connectivity index (χ4n) is 1.49. The van der Waals surface area contributed by atoms with E-state index in [2.05, 4.69) is 30.4 Å². The van der Waals surface area contributed by atoms with Gasteiger partial charge in [-0.1, -0.05) is 12.1 Å². The predicted octanol–water partition coefficient (Wildman–Crippen LogP) is 1.85. The van der Waals surface area contributed by atoms with Crippen molar-refractivity contribution in [3.8, 4) is 0 Å². The Kier molecular flexibility index (Phi) is 5.49. The summed E-state index contributed by atoms with van der Waals surface area (Å²) in [5.41, 5.74) is 2.45. The number of rotatable bonds is 6. The molecule has 0 heterocycles. The molecule has 1 rings (SSSR count). The number of hydrogen-bond donors (Lipinski definition) is 1. The molecule has 5 heteroatoms. The van der Waals surface area contributed by atoms with Crippen LogP contribution in [0, 0.1) is 6.92 Å². The minimum atomic E-state index is -2.85. The number of sulfone groups is 1. The highest BCUT2D eigenvalue weighted by molar-refractivity contribution is 8.00. The average molecular weight is 273 g/mol. The third-order valence-corrected chi connectivity index (χ3v) is 4.71. The maximum Gasteiger partial charge on any atom is 0.148 e. The summed E-state index contributed by atoms with van der Waals surface area (Å²) >= 11 is 1.60. The predicted molar refractivity (Wildman–Crippen MR) is 74.4 cm³/mol. The van der Waals surface area contributed by atoms with Gasteiger partial charge in [0.25, 0.3) is 0 Å². The molecule has 0 saturated carbocycles. The van der Waals surface area contributed by atoms with Crippen LogP contribution in [-0.2, 0) is 16.4 Å². The molecule has 1 aromatic rings. The molecule has 0 aliphatic rings. The second kappa shape index (κ2) is 6.42. The molecule has 0 bridgehead atoms. The molecule has 1 N–H and O–H groups in total. The van der Waals surface area contributed by atoms with Gasteiger partial charge in [-0.15, -0.1) is 11.8 Å². The third kappa shape index (κ3) is 5.57. The summed E-state index contributed by atoms with van der Waals surface area (Å²) in [4.78, 5) is 1.16. The SMILES string of the molecule is CNCc1ccc(SCCS(C)(=O)=O)c(C)c1. The molecule has 0 radical (unpaired) electrons. The molecule has 0 fully saturated rings. The van der Waals surface area contributed by atoms with Crippen molar-refractivity contribution in [3.05, 3.63) is 29.3 Å². The molecule has 0 saturated heterocycles. The van der Waals surface area contributed by atoms with Crippen LogP contribution in [0.5, 0.6) is 0 Å². The summed E-state index contributed by atoms with van der Waals surface area (Å²) in [5.74, 6) is 0.848. The number of benzene rings is 1. The highest BCUT2D eigenvalue weighted by Gasteiger charge is 2.05. The first kappa shape index (κ1) is 14.5. The average Bonchev–Trinajstić information content (AvgIpc) is 2.20. The molecule has 0 atom stereocenters. The van der Waals surface area contributed by atoms with Gasteiger partial charge in [0.15, 0.2) is 0 Å². The van der Waals surface area contributed by atoms with Crippen LogP contribution in [0.2, 0.25) is 0 Å². The topological polar surface area (TPSA) is 46.2 Å². The monoisotopic (exact) mass is 273 g/mol. The van der Waals surface area contributed by atoms with E-state index < -0.39 is 9.84 Å². The van der Waals surface area contributed by atoms with E-state index in [-0.39, 0.29) is 5.75 Å². The Bertz CT molecular complexity index is 469. The van der Waals surface area contributed by atoms with Crippen molar-refractivity contribution in [1.82, 2.24) is 5.32 Å². The second-order valence-corrected chi connectivity index (χ2v) is 7.51. The van der Waals surface area contributed by atoms with Crippen LogP contribution in [0.15, 0.2) is 23.1 Å². The van der Waals surface area contributed by atoms with Crippen molar-refractivity contribution in [1.29, 1.82) is 0 Å². The van der Waals surface area contributed by atoms with Crippen molar-refractivity contribution in [2.45, 2.75) is 18.4 Å². The number of aryl methyl sites for hydroxylation is 1. The normalized spacial score (nSPS) is 11.7. The lowest BCUT2D eigenvalue weighted by atomic mass is 10.1. The van der Waals surface area contributed by atoms with Crippen LogP contribution in [0.4, 0.5) is 0 Å². The van der Waals surface area contributed by atoms with Crippen LogP contribution < -0.4 is 5.32 Å². The van der Waals surface area contributed by atoms with Crippen molar-refractivity contribution in [2.24, 2.45) is 0 Å². The molecule has 0 aromatic heterocycles. The highest BCUT2D eigenvalue weighted by Crippen LogP contribution is 2.23. The molecule has 17 heavy (non-hydrogen) atoms. The Morgan fingerprint density at radius 1 is 1.35 bits per heavy atom. The molecule has 96 valence electrons. The zero-order chi connectivity index (χ0) is 12.9. The van der Waals surface area contributed by atoms with Gasteiger partial charge in [0.2, 0.25) is 0 Å². The Hall–Kier alpha value is -0.520. The van der Waals surface area contributed by atoms with Gasteiger partial charge in [-0.3, -0.25) is 0 Å². The Morgan fingerprint density at radius 3 is 2.59 bits per heavy atom. The van der Waals surface area contributed by atoms with E-state index in [0.29, 0.717) is 5.75 Å². The molecule has 0 aliphatic heterocycles. The number of hydrogen-bond acceptors (Lipinski definition) is 4. The quantitative estimate of drug-likeness (QED) is 0.804. The summed E-state index contributed by atoms with van der Waals surface area (Å²) in [6, 6.07) is 6.28. The van der Waals surface area contributed by atoms with Gasteiger partial charge in [-0.25, -0.2) is 8.42 Å². The van der Waals surface area contributed by atoms with Gasteiger partial charge in [-0.2, -0.15) is 0 Å². The standard InChI is InChI=1S/C12H19NO2S2/c1-10-8-11(9-13-2)4-5-12(10)16-6-7-17(3,14)15/h4-5,8,13H,6-7,9H2,1-3H3. The van der Waals surface area contributed by atoms with Crippen LogP contribution in [0.1, 0.15) is 11.1 Å². The minimum absolute atomic E-state index is 0.232. The van der Waals surface area contributed by atoms with E-state index in [4.69, 9.17) is 0 Å². The Morgan fingerprint density at radius 2 is 2.06 bits per heavy atom. The summed E-state index contributed by atoms with van der Waals surface area (Å²) in [6.07, 6.45) is 1.27. The van der Waals surface area contributed by atoms with E-state index in [1.165, 1.54) is 17.4 Å². The fraction of sp³-hybridized carbons (Fsp3) is 0.500. The number of nitrogens with one attached hydrogen (secondary N) is 1. The van der Waals surface area contributed by atoms with Crippen LogP contribution >= 0.6 is 11.8 Å². The smallest absolute Gasteiger partial charge is 0.148 e. The Balaban J connectivity index is 2.60. The van der Waals surface area contributed by atoms with E-state index in [1.807, 2.05) is 7.05 Å². The largest absolute Gasteiger partial charge is 0.316 e. The van der Waals surface area contributed by atoms with Crippen molar-refractivity contribution < 1.29 is 8.42 Å². The molecule has 0 unspecified atom stereocenters. The van der Waals surface area contributed by atoms with Crippen molar-refractivity contribution in [3.63, 3.8) is 0 Å². The molecule has 3 nitrogen and oxygen atoms in total. The van der Waals surface area contributed by atoms with Crippen LogP contribution in [0.25, 0.3) is 0 Å². The van der Waals surface area contributed by atoms with E-state index in [9.17, 15) is 8.42 Å². The van der Waals surface area contributed by atoms with E-state index in [0.717, 1.165) is 11.4 Å². The lowest BCUT2D eigenvalue weighted by Gasteiger charge is -2.07. The fourth-order valence-corrected chi connectivity index (χ4v) is 3.71. The molecular weight excluding hydrogens is 254 g/mol. The third-order valence-electron chi connectivity index (χ3n) is 2.33. The summed E-state index contributed by atoms with van der Waals surface area (Å²) < 4.78 is 22.0. The van der Waals surface area contributed by atoms with Crippen molar-refractivity contribution in [2.75, 3.05) is 24.8 Å². The van der Waals surface area contributed by atoms with Gasteiger partial charge < -0.3 is 5.32 Å². The summed E-state index contributed by atoms with van der Waals surface area (Å²) in [5, 5.41) is 3.11. The molecule has 0 spiro atoms. The highest BCUT2D eigenvalue weighted by atomic mass is 32.2. The lowest BCUT2D eigenvalue weighted by molar-refractivity contribution is 0.603. The van der Waals surface area contributed by atoms with Gasteiger partial charge in [0.05, 0.1) is 5.75 Å². The first-order valence-corrected chi connectivity index (χ1v) is 8.51. The molecule has 1 aromatic carbocycles. The van der Waals surface area contributed by atoms with Gasteiger partial charge >= 0.3 is 0 Å². The van der Waals surface area contributed by atoms with Crippen molar-refractivity contribution >= 4 is 21.6 Å². The minimum Gasteiger partial charge on any atom is -0.316 e. The Labute approximate surface area is 108 Å². The maximum absolute atomic E-state index is 11.0. The van der Waals surface area contributed by atoms with Gasteiger partial charge in [-0.05, 0) is 31.2 Å². The molecule has 0 amide bonds. The van der Waals surface area contributed by atoms with E-state index in [1.54, 1.807) is 11.8 Å². The first-order valence-electron chi connectivity index (χ1n) is 5.47. The molecular formula is C12H19NO2S2. The zero-order valence-corrected chi connectivity index (χ0v) is 12.1. The van der Waals surface area contributed by atoms with Gasteiger partial charge in [0.1, 0.15) is 9.84 Å². The lowest BCUT2D eigenvalue weighted by Crippen LogP contribution is -2.06. The maximum atomic E-state index is 11.0. The first-order chi connectivity index (χ1) is 7.92. The molecule has 0 aliphatic carbocycles. The number of thioether (sulfide) groups is 1. The summed E-state index contributed by atoms with van der Waals surface area (Å²) in [7, 11) is -0.934. The van der Waals surface area contributed by atoms with Crippen LogP contribution in [0.3, 0.4) is 0 Å². The second-order valence-electron chi connectivity index (χ2n) is 4.11. The summed E-state index contributed by atoms with van der Waals surface area (Å²) in [6.45, 7) is 2.91. The van der Waals surface area contributed by atoms with Gasteiger partial charge in [0, 0.05) is 23.4 Å². The zero-order valence-electron chi connectivity index (χ0n) is 10.5.